The van der Waals surface area contributed by atoms with Gasteiger partial charge in [-0.15, -0.1) is 0 Å². The van der Waals surface area contributed by atoms with Gasteiger partial charge >= 0.3 is 0 Å². The molecule has 0 spiro atoms. The van der Waals surface area contributed by atoms with Crippen molar-refractivity contribution in [3.05, 3.63) is 52.6 Å². The van der Waals surface area contributed by atoms with Crippen LogP contribution in [0.4, 0.5) is 5.69 Å². The highest BCUT2D eigenvalue weighted by molar-refractivity contribution is 7.89. The molecule has 27 heavy (non-hydrogen) atoms. The molecule has 3 rings (SSSR count). The third-order valence-electron chi connectivity index (χ3n) is 4.11. The lowest BCUT2D eigenvalue weighted by atomic mass is 10.3. The van der Waals surface area contributed by atoms with E-state index in [1.165, 1.54) is 22.5 Å². The average Bonchev–Trinajstić information content (AvgIpc) is 3.17. The Morgan fingerprint density at radius 1 is 1.26 bits per heavy atom. The van der Waals surface area contributed by atoms with Crippen LogP contribution in [0.15, 0.2) is 50.7 Å². The number of nitrogens with zero attached hydrogens (tertiary/aromatic N) is 1. The van der Waals surface area contributed by atoms with Gasteiger partial charge in [-0.2, -0.15) is 4.31 Å². The zero-order valence-corrected chi connectivity index (χ0v) is 15.6. The third kappa shape index (κ3) is 4.55. The fraction of sp³-hybridized carbons (Fsp3) is 0.333. The number of hydrogen-bond acceptors (Lipinski definition) is 6. The van der Waals surface area contributed by atoms with Crippen molar-refractivity contribution in [1.29, 1.82) is 0 Å². The molecule has 0 radical (unpaired) electrons. The van der Waals surface area contributed by atoms with Crippen LogP contribution < -0.4 is 15.5 Å². The summed E-state index contributed by atoms with van der Waals surface area (Å²) < 4.78 is 36.8. The van der Waals surface area contributed by atoms with E-state index >= 15 is 0 Å². The molecule has 2 aromatic rings. The zero-order valence-electron chi connectivity index (χ0n) is 14.8. The van der Waals surface area contributed by atoms with Crippen molar-refractivity contribution < 1.29 is 22.4 Å². The van der Waals surface area contributed by atoms with Crippen LogP contribution in [0.3, 0.4) is 0 Å². The maximum Gasteiger partial charge on any atom is 0.262 e. The predicted octanol–water partition coefficient (Wildman–Crippen LogP) is 1.75. The fourth-order valence-corrected chi connectivity index (χ4v) is 4.32. The molecule has 0 aliphatic carbocycles. The van der Waals surface area contributed by atoms with Gasteiger partial charge in [0.05, 0.1) is 4.90 Å². The highest BCUT2D eigenvalue weighted by atomic mass is 32.2. The van der Waals surface area contributed by atoms with Crippen molar-refractivity contribution >= 4 is 21.6 Å². The van der Waals surface area contributed by atoms with Gasteiger partial charge in [-0.1, -0.05) is 6.07 Å². The molecular formula is C18H20N2O6S. The van der Waals surface area contributed by atoms with Crippen LogP contribution in [-0.4, -0.2) is 38.3 Å². The van der Waals surface area contributed by atoms with E-state index in [0.717, 1.165) is 19.1 Å². The summed E-state index contributed by atoms with van der Waals surface area (Å²) in [6.45, 7) is 2.23. The van der Waals surface area contributed by atoms with Crippen LogP contribution in [0, 0.1) is 6.92 Å². The maximum atomic E-state index is 12.6. The first-order valence-corrected chi connectivity index (χ1v) is 9.92. The molecule has 0 unspecified atom stereocenters. The number of sulfonamides is 1. The number of anilines is 1. The number of benzene rings is 1. The number of ether oxygens (including phenoxy) is 1. The Morgan fingerprint density at radius 3 is 2.70 bits per heavy atom. The van der Waals surface area contributed by atoms with Crippen LogP contribution in [0.2, 0.25) is 0 Å². The van der Waals surface area contributed by atoms with Crippen molar-refractivity contribution in [2.45, 2.75) is 24.7 Å². The fourth-order valence-electron chi connectivity index (χ4n) is 2.75. The smallest absolute Gasteiger partial charge is 0.262 e. The van der Waals surface area contributed by atoms with Gasteiger partial charge in [0, 0.05) is 24.8 Å². The van der Waals surface area contributed by atoms with E-state index in [1.807, 2.05) is 0 Å². The summed E-state index contributed by atoms with van der Waals surface area (Å²) in [6, 6.07) is 7.32. The van der Waals surface area contributed by atoms with Gasteiger partial charge < -0.3 is 14.5 Å². The number of amides is 1. The van der Waals surface area contributed by atoms with Crippen molar-refractivity contribution in [2.24, 2.45) is 0 Å². The van der Waals surface area contributed by atoms with Crippen molar-refractivity contribution in [2.75, 3.05) is 25.0 Å². The van der Waals surface area contributed by atoms with Gasteiger partial charge in [-0.3, -0.25) is 9.59 Å². The summed E-state index contributed by atoms with van der Waals surface area (Å²) in [7, 11) is -3.56. The van der Waals surface area contributed by atoms with Crippen LogP contribution in [0.25, 0.3) is 0 Å². The monoisotopic (exact) mass is 392 g/mol. The number of carbonyl (C=O) groups is 1. The summed E-state index contributed by atoms with van der Waals surface area (Å²) in [6.07, 6.45) is 2.84. The molecule has 1 amide bonds. The van der Waals surface area contributed by atoms with Crippen molar-refractivity contribution in [1.82, 2.24) is 4.31 Å². The number of nitrogens with one attached hydrogen (secondary N) is 1. The summed E-state index contributed by atoms with van der Waals surface area (Å²) in [4.78, 5) is 23.9. The Labute approximate surface area is 156 Å². The maximum absolute atomic E-state index is 12.6. The van der Waals surface area contributed by atoms with Crippen LogP contribution in [0.1, 0.15) is 18.6 Å². The minimum Gasteiger partial charge on any atom is -0.477 e. The van der Waals surface area contributed by atoms with Crippen LogP contribution in [-0.2, 0) is 14.8 Å². The second kappa shape index (κ2) is 7.93. The second-order valence-electron chi connectivity index (χ2n) is 6.20. The quantitative estimate of drug-likeness (QED) is 0.803. The Morgan fingerprint density at radius 2 is 2.00 bits per heavy atom. The van der Waals surface area contributed by atoms with Crippen molar-refractivity contribution in [3.8, 4) is 5.75 Å². The lowest BCUT2D eigenvalue weighted by molar-refractivity contribution is -0.118. The number of rotatable bonds is 6. The molecule has 2 heterocycles. The largest absolute Gasteiger partial charge is 0.477 e. The van der Waals surface area contributed by atoms with Gasteiger partial charge in [-0.25, -0.2) is 8.42 Å². The van der Waals surface area contributed by atoms with Gasteiger partial charge in [0.2, 0.25) is 21.2 Å². The van der Waals surface area contributed by atoms with Gasteiger partial charge in [0.25, 0.3) is 5.91 Å². The molecule has 0 saturated carbocycles. The summed E-state index contributed by atoms with van der Waals surface area (Å²) in [5.41, 5.74) is -0.0509. The molecule has 9 heteroatoms. The lowest BCUT2D eigenvalue weighted by Gasteiger charge is -2.16. The molecule has 1 aromatic carbocycles. The van der Waals surface area contributed by atoms with E-state index in [1.54, 1.807) is 19.1 Å². The summed E-state index contributed by atoms with van der Waals surface area (Å²) in [5.74, 6) is -0.153. The molecule has 1 saturated heterocycles. The van der Waals surface area contributed by atoms with E-state index in [9.17, 15) is 18.0 Å². The predicted molar refractivity (Wildman–Crippen MR) is 98.3 cm³/mol. The van der Waals surface area contributed by atoms with Crippen LogP contribution in [0.5, 0.6) is 5.75 Å². The van der Waals surface area contributed by atoms with Gasteiger partial charge in [0.15, 0.2) is 6.61 Å². The van der Waals surface area contributed by atoms with E-state index in [0.29, 0.717) is 24.5 Å². The highest BCUT2D eigenvalue weighted by Crippen LogP contribution is 2.23. The molecular weight excluding hydrogens is 372 g/mol. The molecule has 0 bridgehead atoms. The Bertz CT molecular complexity index is 993. The Hall–Kier alpha value is -2.65. The Kier molecular flexibility index (Phi) is 5.62. The second-order valence-corrected chi connectivity index (χ2v) is 8.13. The molecule has 1 aromatic heterocycles. The van der Waals surface area contributed by atoms with Crippen LogP contribution >= 0.6 is 0 Å². The summed E-state index contributed by atoms with van der Waals surface area (Å²) >= 11 is 0. The normalized spacial score (nSPS) is 14.9. The first-order valence-electron chi connectivity index (χ1n) is 8.48. The number of aryl methyl sites for hydroxylation is 1. The first-order chi connectivity index (χ1) is 12.9. The van der Waals surface area contributed by atoms with E-state index in [2.05, 4.69) is 5.32 Å². The topological polar surface area (TPSA) is 106 Å². The zero-order chi connectivity index (χ0) is 19.4. The minimum atomic E-state index is -3.56. The summed E-state index contributed by atoms with van der Waals surface area (Å²) in [5, 5.41) is 2.57. The van der Waals surface area contributed by atoms with Crippen molar-refractivity contribution in [3.63, 3.8) is 0 Å². The lowest BCUT2D eigenvalue weighted by Crippen LogP contribution is -2.28. The van der Waals surface area contributed by atoms with Gasteiger partial charge in [0.1, 0.15) is 12.0 Å². The molecule has 1 fully saturated rings. The molecule has 1 aliphatic heterocycles. The average molecular weight is 392 g/mol. The van der Waals surface area contributed by atoms with E-state index in [4.69, 9.17) is 9.15 Å². The number of hydrogen-bond donors (Lipinski definition) is 1. The SMILES string of the molecule is Cc1cc(=O)c(OCC(=O)Nc2cccc(S(=O)(=O)N3CCCC3)c2)co1. The Balaban J connectivity index is 1.65. The highest BCUT2D eigenvalue weighted by Gasteiger charge is 2.27. The van der Waals surface area contributed by atoms with E-state index < -0.39 is 22.5 Å². The third-order valence-corrected chi connectivity index (χ3v) is 6.00. The van der Waals surface area contributed by atoms with E-state index in [-0.39, 0.29) is 16.1 Å². The molecule has 8 nitrogen and oxygen atoms in total. The molecule has 1 N–H and O–H groups in total. The molecule has 144 valence electrons. The number of carbonyl (C=O) groups excluding carboxylic acids is 1. The molecule has 1 aliphatic rings. The molecule has 0 atom stereocenters. The van der Waals surface area contributed by atoms with Gasteiger partial charge in [-0.05, 0) is 38.0 Å². The first kappa shape index (κ1) is 19.1. The standard InChI is InChI=1S/C18H20N2O6S/c1-13-9-16(21)17(11-25-13)26-12-18(22)19-14-5-4-6-15(10-14)27(23,24)20-7-2-3-8-20/h4-6,9-11H,2-3,7-8,12H2,1H3,(H,19,22). The minimum absolute atomic E-state index is 0.0684.